The highest BCUT2D eigenvalue weighted by Gasteiger charge is 2.29. The predicted octanol–water partition coefficient (Wildman–Crippen LogP) is 4.26. The van der Waals surface area contributed by atoms with E-state index in [9.17, 15) is 0 Å². The van der Waals surface area contributed by atoms with Crippen molar-refractivity contribution in [1.29, 1.82) is 0 Å². The monoisotopic (exact) mass is 336 g/mol. The first-order chi connectivity index (χ1) is 9.22. The zero-order valence-electron chi connectivity index (χ0n) is 10.7. The molecule has 19 heavy (non-hydrogen) atoms. The van der Waals surface area contributed by atoms with E-state index in [0.717, 1.165) is 29.3 Å². The second kappa shape index (κ2) is 5.65. The zero-order valence-corrected chi connectivity index (χ0v) is 13.1. The van der Waals surface area contributed by atoms with Gasteiger partial charge in [-0.3, -0.25) is 4.90 Å². The maximum absolute atomic E-state index is 6.11. The van der Waals surface area contributed by atoms with Crippen molar-refractivity contribution >= 4 is 33.0 Å². The smallest absolute Gasteiger partial charge is 0.0371 e. The Bertz CT molecular complexity index is 549. The van der Waals surface area contributed by atoms with E-state index in [-0.39, 0.29) is 0 Å². The Balaban J connectivity index is 1.74. The van der Waals surface area contributed by atoms with Gasteiger partial charge in [0.05, 0.1) is 0 Å². The molecule has 2 nitrogen and oxygen atoms in total. The van der Waals surface area contributed by atoms with Crippen LogP contribution in [0.15, 0.2) is 39.5 Å². The summed E-state index contributed by atoms with van der Waals surface area (Å²) in [7, 11) is 0. The average molecular weight is 337 g/mol. The molecule has 1 aromatic heterocycles. The van der Waals surface area contributed by atoms with E-state index in [1.165, 1.54) is 24.0 Å². The molecule has 0 aliphatic heterocycles. The van der Waals surface area contributed by atoms with Crippen LogP contribution in [0.3, 0.4) is 0 Å². The molecule has 1 heterocycles. The Morgan fingerprint density at radius 1 is 1.26 bits per heavy atom. The highest BCUT2D eigenvalue weighted by atomic mass is 79.9. The Morgan fingerprint density at radius 2 is 2.11 bits per heavy atom. The van der Waals surface area contributed by atoms with Crippen LogP contribution < -0.4 is 5.73 Å². The van der Waals surface area contributed by atoms with Crippen molar-refractivity contribution in [1.82, 2.24) is 4.90 Å². The summed E-state index contributed by atoms with van der Waals surface area (Å²) in [6, 6.07) is 9.14. The van der Waals surface area contributed by atoms with Crippen molar-refractivity contribution in [3.8, 4) is 0 Å². The SMILES string of the molecule is Nc1cc(Br)ccc1CN(Cc1ccsc1)C1CC1. The van der Waals surface area contributed by atoms with Gasteiger partial charge in [-0.2, -0.15) is 11.3 Å². The summed E-state index contributed by atoms with van der Waals surface area (Å²) in [6.07, 6.45) is 2.64. The number of rotatable bonds is 5. The van der Waals surface area contributed by atoms with Crippen LogP contribution in [0.1, 0.15) is 24.0 Å². The van der Waals surface area contributed by atoms with Crippen molar-refractivity contribution in [3.05, 3.63) is 50.6 Å². The van der Waals surface area contributed by atoms with Crippen LogP contribution in [0.2, 0.25) is 0 Å². The number of nitrogen functional groups attached to an aromatic ring is 1. The third-order valence-corrected chi connectivity index (χ3v) is 4.74. The fourth-order valence-electron chi connectivity index (χ4n) is 2.30. The van der Waals surface area contributed by atoms with E-state index >= 15 is 0 Å². The average Bonchev–Trinajstić information content (AvgIpc) is 3.10. The Labute approximate surface area is 126 Å². The van der Waals surface area contributed by atoms with E-state index in [0.29, 0.717) is 0 Å². The van der Waals surface area contributed by atoms with Gasteiger partial charge in [-0.15, -0.1) is 0 Å². The van der Waals surface area contributed by atoms with E-state index in [2.05, 4.69) is 49.8 Å². The van der Waals surface area contributed by atoms with Crippen LogP contribution in [0.4, 0.5) is 5.69 Å². The minimum absolute atomic E-state index is 0.739. The molecule has 1 aromatic carbocycles. The van der Waals surface area contributed by atoms with Gasteiger partial charge < -0.3 is 5.73 Å². The largest absolute Gasteiger partial charge is 0.398 e. The minimum atomic E-state index is 0.739. The van der Waals surface area contributed by atoms with E-state index < -0.39 is 0 Å². The van der Waals surface area contributed by atoms with Gasteiger partial charge in [-0.1, -0.05) is 22.0 Å². The molecule has 4 heteroatoms. The maximum Gasteiger partial charge on any atom is 0.0371 e. The van der Waals surface area contributed by atoms with Gasteiger partial charge in [0.15, 0.2) is 0 Å². The summed E-state index contributed by atoms with van der Waals surface area (Å²) in [5.74, 6) is 0. The first-order valence-electron chi connectivity index (χ1n) is 6.51. The number of hydrogen-bond acceptors (Lipinski definition) is 3. The number of nitrogens with two attached hydrogens (primary N) is 1. The summed E-state index contributed by atoms with van der Waals surface area (Å²) in [5.41, 5.74) is 9.63. The highest BCUT2D eigenvalue weighted by Crippen LogP contribution is 2.31. The topological polar surface area (TPSA) is 29.3 Å². The lowest BCUT2D eigenvalue weighted by molar-refractivity contribution is 0.246. The normalized spacial score (nSPS) is 15.1. The third-order valence-electron chi connectivity index (χ3n) is 3.51. The Kier molecular flexibility index (Phi) is 3.91. The lowest BCUT2D eigenvalue weighted by Crippen LogP contribution is -2.25. The van der Waals surface area contributed by atoms with Crippen molar-refractivity contribution in [2.45, 2.75) is 32.0 Å². The third kappa shape index (κ3) is 3.38. The van der Waals surface area contributed by atoms with Gasteiger partial charge in [-0.05, 0) is 52.9 Å². The molecule has 1 aliphatic rings. The van der Waals surface area contributed by atoms with Gasteiger partial charge in [0, 0.05) is 29.3 Å². The minimum Gasteiger partial charge on any atom is -0.398 e. The molecule has 3 rings (SSSR count). The van der Waals surface area contributed by atoms with Gasteiger partial charge in [0.25, 0.3) is 0 Å². The summed E-state index contributed by atoms with van der Waals surface area (Å²) in [5, 5.41) is 4.38. The Hall–Kier alpha value is -0.840. The number of halogens is 1. The molecular weight excluding hydrogens is 320 g/mol. The zero-order chi connectivity index (χ0) is 13.2. The van der Waals surface area contributed by atoms with Crippen LogP contribution in [0.5, 0.6) is 0 Å². The molecule has 0 amide bonds. The highest BCUT2D eigenvalue weighted by molar-refractivity contribution is 9.10. The maximum atomic E-state index is 6.11. The molecule has 2 N–H and O–H groups in total. The second-order valence-corrected chi connectivity index (χ2v) is 6.81. The first kappa shape index (κ1) is 13.2. The summed E-state index contributed by atoms with van der Waals surface area (Å²) >= 11 is 5.23. The van der Waals surface area contributed by atoms with Gasteiger partial charge >= 0.3 is 0 Å². The number of hydrogen-bond donors (Lipinski definition) is 1. The van der Waals surface area contributed by atoms with Crippen LogP contribution in [0, 0.1) is 0 Å². The number of benzene rings is 1. The molecule has 0 saturated heterocycles. The molecule has 0 bridgehead atoms. The summed E-state index contributed by atoms with van der Waals surface area (Å²) in [6.45, 7) is 1.98. The van der Waals surface area contributed by atoms with Crippen LogP contribution in [-0.2, 0) is 13.1 Å². The first-order valence-corrected chi connectivity index (χ1v) is 8.25. The van der Waals surface area contributed by atoms with Crippen LogP contribution in [0.25, 0.3) is 0 Å². The van der Waals surface area contributed by atoms with Gasteiger partial charge in [0.1, 0.15) is 0 Å². The Morgan fingerprint density at radius 3 is 2.74 bits per heavy atom. The molecule has 1 fully saturated rings. The second-order valence-electron chi connectivity index (χ2n) is 5.11. The lowest BCUT2D eigenvalue weighted by atomic mass is 10.1. The van der Waals surface area contributed by atoms with E-state index in [4.69, 9.17) is 5.73 Å². The lowest BCUT2D eigenvalue weighted by Gasteiger charge is -2.22. The van der Waals surface area contributed by atoms with Crippen molar-refractivity contribution in [2.24, 2.45) is 0 Å². The van der Waals surface area contributed by atoms with Crippen LogP contribution >= 0.6 is 27.3 Å². The quantitative estimate of drug-likeness (QED) is 0.826. The standard InChI is InChI=1S/C15H17BrN2S/c16-13-2-1-12(15(17)7-13)9-18(14-3-4-14)8-11-5-6-19-10-11/h1-2,5-7,10,14H,3-4,8-9,17H2. The molecular formula is C15H17BrN2S. The number of thiophene rings is 1. The van der Waals surface area contributed by atoms with E-state index in [1.807, 2.05) is 6.07 Å². The fraction of sp³-hybridized carbons (Fsp3) is 0.333. The van der Waals surface area contributed by atoms with Crippen LogP contribution in [-0.4, -0.2) is 10.9 Å². The molecule has 0 atom stereocenters. The summed E-state index contributed by atoms with van der Waals surface area (Å²) < 4.78 is 1.05. The molecule has 0 spiro atoms. The molecule has 100 valence electrons. The fourth-order valence-corrected chi connectivity index (χ4v) is 3.34. The predicted molar refractivity (Wildman–Crippen MR) is 85.1 cm³/mol. The number of nitrogens with zero attached hydrogens (tertiary/aromatic N) is 1. The number of anilines is 1. The summed E-state index contributed by atoms with van der Waals surface area (Å²) in [4.78, 5) is 2.54. The van der Waals surface area contributed by atoms with E-state index in [1.54, 1.807) is 11.3 Å². The van der Waals surface area contributed by atoms with Crippen molar-refractivity contribution in [2.75, 3.05) is 5.73 Å². The molecule has 2 aromatic rings. The molecule has 0 unspecified atom stereocenters. The molecule has 1 aliphatic carbocycles. The molecule has 1 saturated carbocycles. The van der Waals surface area contributed by atoms with Gasteiger partial charge in [-0.25, -0.2) is 0 Å². The van der Waals surface area contributed by atoms with Crippen molar-refractivity contribution < 1.29 is 0 Å². The molecule has 0 radical (unpaired) electrons. The van der Waals surface area contributed by atoms with Crippen molar-refractivity contribution in [3.63, 3.8) is 0 Å². The van der Waals surface area contributed by atoms with Gasteiger partial charge in [0.2, 0.25) is 0 Å².